The molecule has 1 unspecified atom stereocenters. The third kappa shape index (κ3) is 2.63. The van der Waals surface area contributed by atoms with E-state index in [9.17, 15) is 9.90 Å². The molecule has 2 saturated heterocycles. The van der Waals surface area contributed by atoms with Gasteiger partial charge in [0.2, 0.25) is 0 Å². The topological polar surface area (TPSA) is 43.8 Å². The highest BCUT2D eigenvalue weighted by Gasteiger charge is 2.45. The molecule has 98 valence electrons. The fourth-order valence-corrected chi connectivity index (χ4v) is 3.32. The molecule has 0 saturated carbocycles. The van der Waals surface area contributed by atoms with Crippen LogP contribution >= 0.6 is 0 Å². The average molecular weight is 240 g/mol. The molecule has 4 heteroatoms. The molecule has 0 spiro atoms. The van der Waals surface area contributed by atoms with Crippen LogP contribution in [0.4, 0.5) is 0 Å². The maximum Gasteiger partial charge on any atom is 0.305 e. The first-order chi connectivity index (χ1) is 8.03. The molecule has 0 amide bonds. The van der Waals surface area contributed by atoms with E-state index in [2.05, 4.69) is 23.6 Å². The first-order valence-electron chi connectivity index (χ1n) is 6.74. The second-order valence-corrected chi connectivity index (χ2v) is 5.80. The van der Waals surface area contributed by atoms with Crippen LogP contribution in [0.1, 0.15) is 39.5 Å². The van der Waals surface area contributed by atoms with Crippen molar-refractivity contribution >= 4 is 5.97 Å². The normalized spacial score (nSPS) is 31.5. The number of carbonyl (C=O) groups is 1. The maximum atomic E-state index is 11.1. The number of hydrogen-bond donors (Lipinski definition) is 1. The van der Waals surface area contributed by atoms with Crippen LogP contribution in [-0.4, -0.2) is 58.6 Å². The lowest BCUT2D eigenvalue weighted by Gasteiger charge is -2.38. The standard InChI is InChI=1S/C13H24N2O2/c1-11(2)14-8-5-13(10-14,9-12(16)17)15-6-3-4-7-15/h11H,3-10H2,1-2H3,(H,16,17). The lowest BCUT2D eigenvalue weighted by Crippen LogP contribution is -2.51. The van der Waals surface area contributed by atoms with Crippen molar-refractivity contribution in [1.29, 1.82) is 0 Å². The minimum Gasteiger partial charge on any atom is -0.481 e. The first kappa shape index (κ1) is 12.8. The summed E-state index contributed by atoms with van der Waals surface area (Å²) in [7, 11) is 0. The molecule has 17 heavy (non-hydrogen) atoms. The van der Waals surface area contributed by atoms with Gasteiger partial charge in [0, 0.05) is 24.7 Å². The van der Waals surface area contributed by atoms with Crippen LogP contribution in [0.3, 0.4) is 0 Å². The molecule has 0 aromatic heterocycles. The van der Waals surface area contributed by atoms with Gasteiger partial charge in [-0.1, -0.05) is 0 Å². The molecule has 0 aliphatic carbocycles. The van der Waals surface area contributed by atoms with E-state index in [0.29, 0.717) is 12.5 Å². The predicted molar refractivity (Wildman–Crippen MR) is 67.1 cm³/mol. The number of hydrogen-bond acceptors (Lipinski definition) is 3. The highest BCUT2D eigenvalue weighted by molar-refractivity contribution is 5.68. The van der Waals surface area contributed by atoms with Gasteiger partial charge in [0.15, 0.2) is 0 Å². The van der Waals surface area contributed by atoms with Crippen LogP contribution in [-0.2, 0) is 4.79 Å². The summed E-state index contributed by atoms with van der Waals surface area (Å²) in [6.45, 7) is 8.53. The van der Waals surface area contributed by atoms with Crippen molar-refractivity contribution in [1.82, 2.24) is 9.80 Å². The molecular weight excluding hydrogens is 216 g/mol. The van der Waals surface area contributed by atoms with E-state index in [1.54, 1.807) is 0 Å². The van der Waals surface area contributed by atoms with Gasteiger partial charge in [0.25, 0.3) is 0 Å². The molecule has 0 bridgehead atoms. The van der Waals surface area contributed by atoms with Crippen molar-refractivity contribution in [2.45, 2.75) is 51.1 Å². The van der Waals surface area contributed by atoms with E-state index in [4.69, 9.17) is 0 Å². The average Bonchev–Trinajstić information content (AvgIpc) is 2.83. The van der Waals surface area contributed by atoms with Gasteiger partial charge in [-0.3, -0.25) is 14.6 Å². The van der Waals surface area contributed by atoms with Crippen molar-refractivity contribution in [3.63, 3.8) is 0 Å². The number of likely N-dealkylation sites (tertiary alicyclic amines) is 2. The van der Waals surface area contributed by atoms with E-state index in [1.165, 1.54) is 12.8 Å². The maximum absolute atomic E-state index is 11.1. The molecule has 2 fully saturated rings. The lowest BCUT2D eigenvalue weighted by molar-refractivity contribution is -0.140. The van der Waals surface area contributed by atoms with Crippen LogP contribution in [0.2, 0.25) is 0 Å². The minimum absolute atomic E-state index is 0.0907. The quantitative estimate of drug-likeness (QED) is 0.807. The number of nitrogens with zero attached hydrogens (tertiary/aromatic N) is 2. The summed E-state index contributed by atoms with van der Waals surface area (Å²) < 4.78 is 0. The van der Waals surface area contributed by atoms with Gasteiger partial charge in [-0.15, -0.1) is 0 Å². The summed E-state index contributed by atoms with van der Waals surface area (Å²) in [5.74, 6) is -0.650. The minimum atomic E-state index is -0.650. The number of rotatable bonds is 4. The zero-order valence-corrected chi connectivity index (χ0v) is 11.0. The number of aliphatic carboxylic acids is 1. The van der Waals surface area contributed by atoms with Gasteiger partial charge in [0.05, 0.1) is 6.42 Å². The first-order valence-corrected chi connectivity index (χ1v) is 6.74. The predicted octanol–water partition coefficient (Wildman–Crippen LogP) is 1.41. The summed E-state index contributed by atoms with van der Waals surface area (Å²) in [5.41, 5.74) is -0.0907. The third-order valence-electron chi connectivity index (χ3n) is 4.35. The smallest absolute Gasteiger partial charge is 0.305 e. The molecule has 0 aromatic rings. The van der Waals surface area contributed by atoms with E-state index < -0.39 is 5.97 Å². The molecule has 0 aromatic carbocycles. The van der Waals surface area contributed by atoms with Crippen molar-refractivity contribution in [2.24, 2.45) is 0 Å². The Morgan fingerprint density at radius 2 is 1.94 bits per heavy atom. The summed E-state index contributed by atoms with van der Waals surface area (Å²) in [6.07, 6.45) is 3.76. The van der Waals surface area contributed by atoms with Crippen LogP contribution in [0.15, 0.2) is 0 Å². The van der Waals surface area contributed by atoms with Gasteiger partial charge in [-0.2, -0.15) is 0 Å². The van der Waals surface area contributed by atoms with Crippen molar-refractivity contribution in [3.05, 3.63) is 0 Å². The lowest BCUT2D eigenvalue weighted by atomic mass is 9.92. The van der Waals surface area contributed by atoms with Crippen molar-refractivity contribution in [3.8, 4) is 0 Å². The molecule has 2 rings (SSSR count). The molecule has 1 atom stereocenters. The zero-order valence-electron chi connectivity index (χ0n) is 11.0. The number of carboxylic acid groups (broad SMARTS) is 1. The van der Waals surface area contributed by atoms with Crippen LogP contribution in [0, 0.1) is 0 Å². The fraction of sp³-hybridized carbons (Fsp3) is 0.923. The Morgan fingerprint density at radius 1 is 1.29 bits per heavy atom. The highest BCUT2D eigenvalue weighted by atomic mass is 16.4. The monoisotopic (exact) mass is 240 g/mol. The van der Waals surface area contributed by atoms with E-state index in [0.717, 1.165) is 32.6 Å². The van der Waals surface area contributed by atoms with Gasteiger partial charge in [0.1, 0.15) is 0 Å². The molecule has 1 N–H and O–H groups in total. The van der Waals surface area contributed by atoms with Crippen LogP contribution < -0.4 is 0 Å². The second kappa shape index (κ2) is 4.94. The second-order valence-electron chi connectivity index (χ2n) is 5.80. The van der Waals surface area contributed by atoms with E-state index >= 15 is 0 Å². The highest BCUT2D eigenvalue weighted by Crippen LogP contribution is 2.34. The van der Waals surface area contributed by atoms with Gasteiger partial charge in [-0.05, 0) is 46.2 Å². The number of carboxylic acids is 1. The van der Waals surface area contributed by atoms with Crippen LogP contribution in [0.25, 0.3) is 0 Å². The summed E-state index contributed by atoms with van der Waals surface area (Å²) in [6, 6.07) is 0.522. The van der Waals surface area contributed by atoms with Gasteiger partial charge in [-0.25, -0.2) is 0 Å². The SMILES string of the molecule is CC(C)N1CCC(CC(=O)O)(N2CCCC2)C1. The molecule has 2 aliphatic rings. The Balaban J connectivity index is 2.11. The summed E-state index contributed by atoms with van der Waals surface area (Å²) in [5, 5.41) is 9.18. The molecule has 4 nitrogen and oxygen atoms in total. The van der Waals surface area contributed by atoms with Crippen molar-refractivity contribution in [2.75, 3.05) is 26.2 Å². The third-order valence-corrected chi connectivity index (χ3v) is 4.35. The molecule has 0 radical (unpaired) electrons. The Bertz CT molecular complexity index is 287. The molecule has 2 aliphatic heterocycles. The summed E-state index contributed by atoms with van der Waals surface area (Å²) >= 11 is 0. The van der Waals surface area contributed by atoms with Crippen molar-refractivity contribution < 1.29 is 9.90 Å². The Labute approximate surface area is 104 Å². The Hall–Kier alpha value is -0.610. The zero-order chi connectivity index (χ0) is 12.5. The van der Waals surface area contributed by atoms with Gasteiger partial charge >= 0.3 is 5.97 Å². The fourth-order valence-electron chi connectivity index (χ4n) is 3.32. The largest absolute Gasteiger partial charge is 0.481 e. The van der Waals surface area contributed by atoms with Crippen LogP contribution in [0.5, 0.6) is 0 Å². The van der Waals surface area contributed by atoms with E-state index in [-0.39, 0.29) is 5.54 Å². The van der Waals surface area contributed by atoms with Gasteiger partial charge < -0.3 is 5.11 Å². The summed E-state index contributed by atoms with van der Waals surface area (Å²) in [4.78, 5) is 16.0. The molecule has 2 heterocycles. The van der Waals surface area contributed by atoms with E-state index in [1.807, 2.05) is 0 Å². The Kier molecular flexibility index (Phi) is 3.73. The molecular formula is C13H24N2O2. The Morgan fingerprint density at radius 3 is 2.41 bits per heavy atom.